The van der Waals surface area contributed by atoms with E-state index in [0.29, 0.717) is 18.9 Å². The molecule has 0 radical (unpaired) electrons. The minimum atomic E-state index is -0.690. The Morgan fingerprint density at radius 1 is 0.905 bits per heavy atom. The Hall–Kier alpha value is -2.28. The molecule has 2 amide bonds. The zero-order chi connectivity index (χ0) is 15.5. The van der Waals surface area contributed by atoms with Gasteiger partial charge in [0.2, 0.25) is 0 Å². The van der Waals surface area contributed by atoms with Crippen molar-refractivity contribution in [3.05, 3.63) is 24.3 Å². The molecule has 0 aliphatic carbocycles. The Morgan fingerprint density at radius 3 is 1.95 bits per heavy atom. The lowest BCUT2D eigenvalue weighted by Crippen LogP contribution is -2.42. The first-order chi connectivity index (χ1) is 10.2. The molecule has 0 fully saturated rings. The summed E-state index contributed by atoms with van der Waals surface area (Å²) in [5.41, 5.74) is 0. The monoisotopic (exact) mass is 296 g/mol. The highest BCUT2D eigenvalue weighted by molar-refractivity contribution is 6.35. The van der Waals surface area contributed by atoms with Crippen LogP contribution in [0.5, 0.6) is 11.5 Å². The molecule has 0 unspecified atom stereocenters. The summed E-state index contributed by atoms with van der Waals surface area (Å²) >= 11 is 0. The van der Waals surface area contributed by atoms with E-state index in [1.165, 1.54) is 7.11 Å². The van der Waals surface area contributed by atoms with Crippen molar-refractivity contribution in [2.75, 3.05) is 40.5 Å². The maximum atomic E-state index is 11.4. The molecule has 0 aliphatic rings. The van der Waals surface area contributed by atoms with Gasteiger partial charge < -0.3 is 24.8 Å². The average Bonchev–Trinajstić information content (AvgIpc) is 2.52. The van der Waals surface area contributed by atoms with Crippen molar-refractivity contribution in [1.29, 1.82) is 0 Å². The Morgan fingerprint density at radius 2 is 1.43 bits per heavy atom. The normalized spacial score (nSPS) is 9.81. The third kappa shape index (κ3) is 6.62. The molecule has 21 heavy (non-hydrogen) atoms. The SMILES string of the molecule is COCCNC(=O)C(=O)NCCOc1ccc(OC)cc1. The van der Waals surface area contributed by atoms with E-state index >= 15 is 0 Å². The molecule has 0 aliphatic heterocycles. The predicted molar refractivity (Wildman–Crippen MR) is 76.4 cm³/mol. The van der Waals surface area contributed by atoms with Gasteiger partial charge in [0.25, 0.3) is 0 Å². The molecule has 1 rings (SSSR count). The van der Waals surface area contributed by atoms with Crippen LogP contribution in [-0.2, 0) is 14.3 Å². The molecule has 0 atom stereocenters. The van der Waals surface area contributed by atoms with E-state index in [2.05, 4.69) is 10.6 Å². The van der Waals surface area contributed by atoms with Gasteiger partial charge in [-0.2, -0.15) is 0 Å². The van der Waals surface area contributed by atoms with Crippen LogP contribution < -0.4 is 20.1 Å². The van der Waals surface area contributed by atoms with Crippen LogP contribution in [0.3, 0.4) is 0 Å². The molecule has 0 saturated heterocycles. The predicted octanol–water partition coefficient (Wildman–Crippen LogP) is -0.0472. The molecule has 0 aromatic heterocycles. The number of benzene rings is 1. The largest absolute Gasteiger partial charge is 0.497 e. The number of methoxy groups -OCH3 is 2. The number of carbonyl (C=O) groups excluding carboxylic acids is 2. The Bertz CT molecular complexity index is 447. The lowest BCUT2D eigenvalue weighted by atomic mass is 10.3. The summed E-state index contributed by atoms with van der Waals surface area (Å²) in [4.78, 5) is 22.7. The van der Waals surface area contributed by atoms with E-state index in [4.69, 9.17) is 14.2 Å². The van der Waals surface area contributed by atoms with Gasteiger partial charge >= 0.3 is 11.8 Å². The number of nitrogens with one attached hydrogen (secondary N) is 2. The molecule has 2 N–H and O–H groups in total. The van der Waals surface area contributed by atoms with Gasteiger partial charge in [0.1, 0.15) is 18.1 Å². The summed E-state index contributed by atoms with van der Waals surface area (Å²) < 4.78 is 15.2. The highest BCUT2D eigenvalue weighted by Gasteiger charge is 2.11. The van der Waals surface area contributed by atoms with Crippen molar-refractivity contribution < 1.29 is 23.8 Å². The first-order valence-electron chi connectivity index (χ1n) is 6.49. The Balaban J connectivity index is 2.17. The van der Waals surface area contributed by atoms with E-state index in [-0.39, 0.29) is 13.2 Å². The summed E-state index contributed by atoms with van der Waals surface area (Å²) in [5.74, 6) is 0.0268. The average molecular weight is 296 g/mol. The fraction of sp³-hybridized carbons (Fsp3) is 0.429. The Kier molecular flexibility index (Phi) is 7.67. The molecule has 0 saturated carbocycles. The minimum Gasteiger partial charge on any atom is -0.497 e. The van der Waals surface area contributed by atoms with Gasteiger partial charge in [-0.3, -0.25) is 9.59 Å². The second-order valence-corrected chi connectivity index (χ2v) is 4.03. The lowest BCUT2D eigenvalue weighted by molar-refractivity contribution is -0.139. The number of hydrogen-bond donors (Lipinski definition) is 2. The quantitative estimate of drug-likeness (QED) is 0.519. The van der Waals surface area contributed by atoms with E-state index in [1.807, 2.05) is 0 Å². The molecule has 0 spiro atoms. The van der Waals surface area contributed by atoms with E-state index in [9.17, 15) is 9.59 Å². The number of amides is 2. The molecule has 0 bridgehead atoms. The van der Waals surface area contributed by atoms with E-state index < -0.39 is 11.8 Å². The van der Waals surface area contributed by atoms with Crippen LogP contribution in [-0.4, -0.2) is 52.3 Å². The van der Waals surface area contributed by atoms with Gasteiger partial charge in [-0.15, -0.1) is 0 Å². The van der Waals surface area contributed by atoms with E-state index in [0.717, 1.165) is 5.75 Å². The second kappa shape index (κ2) is 9.60. The van der Waals surface area contributed by atoms with Crippen LogP contribution in [0.4, 0.5) is 0 Å². The number of ether oxygens (including phenoxy) is 3. The van der Waals surface area contributed by atoms with Crippen molar-refractivity contribution in [2.24, 2.45) is 0 Å². The number of hydrogen-bond acceptors (Lipinski definition) is 5. The van der Waals surface area contributed by atoms with Crippen LogP contribution in [0.25, 0.3) is 0 Å². The summed E-state index contributed by atoms with van der Waals surface area (Å²) in [6, 6.07) is 7.07. The van der Waals surface area contributed by atoms with Crippen LogP contribution in [0, 0.1) is 0 Å². The second-order valence-electron chi connectivity index (χ2n) is 4.03. The summed E-state index contributed by atoms with van der Waals surface area (Å²) in [6.07, 6.45) is 0. The maximum Gasteiger partial charge on any atom is 0.309 e. The van der Waals surface area contributed by atoms with Crippen LogP contribution in [0.15, 0.2) is 24.3 Å². The highest BCUT2D eigenvalue weighted by atomic mass is 16.5. The van der Waals surface area contributed by atoms with Crippen molar-refractivity contribution in [3.63, 3.8) is 0 Å². The van der Waals surface area contributed by atoms with E-state index in [1.54, 1.807) is 31.4 Å². The molecule has 7 heteroatoms. The minimum absolute atomic E-state index is 0.239. The third-order valence-electron chi connectivity index (χ3n) is 2.51. The van der Waals surface area contributed by atoms with Gasteiger partial charge in [-0.25, -0.2) is 0 Å². The van der Waals surface area contributed by atoms with Crippen LogP contribution in [0.1, 0.15) is 0 Å². The van der Waals surface area contributed by atoms with Crippen LogP contribution >= 0.6 is 0 Å². The summed E-state index contributed by atoms with van der Waals surface area (Å²) in [5, 5.41) is 4.88. The summed E-state index contributed by atoms with van der Waals surface area (Å²) in [6.45, 7) is 1.16. The van der Waals surface area contributed by atoms with Gasteiger partial charge in [0.15, 0.2) is 0 Å². The summed E-state index contributed by atoms with van der Waals surface area (Å²) in [7, 11) is 3.10. The number of rotatable bonds is 8. The fourth-order valence-corrected chi connectivity index (χ4v) is 1.43. The Labute approximate surface area is 123 Å². The first-order valence-corrected chi connectivity index (χ1v) is 6.49. The van der Waals surface area contributed by atoms with Gasteiger partial charge in [-0.1, -0.05) is 0 Å². The number of carbonyl (C=O) groups is 2. The molecular weight excluding hydrogens is 276 g/mol. The standard InChI is InChI=1S/C14H20N2O5/c1-19-9-7-15-13(17)14(18)16-8-10-21-12-5-3-11(20-2)4-6-12/h3-6H,7-10H2,1-2H3,(H,15,17)(H,16,18). The maximum absolute atomic E-state index is 11.4. The molecular formula is C14H20N2O5. The molecule has 7 nitrogen and oxygen atoms in total. The van der Waals surface area contributed by atoms with Gasteiger partial charge in [0.05, 0.1) is 20.3 Å². The van der Waals surface area contributed by atoms with Crippen LogP contribution in [0.2, 0.25) is 0 Å². The van der Waals surface area contributed by atoms with Crippen molar-refractivity contribution in [2.45, 2.75) is 0 Å². The highest BCUT2D eigenvalue weighted by Crippen LogP contribution is 2.16. The molecule has 0 heterocycles. The third-order valence-corrected chi connectivity index (χ3v) is 2.51. The zero-order valence-corrected chi connectivity index (χ0v) is 12.2. The molecule has 1 aromatic rings. The fourth-order valence-electron chi connectivity index (χ4n) is 1.43. The van der Waals surface area contributed by atoms with Gasteiger partial charge in [-0.05, 0) is 24.3 Å². The van der Waals surface area contributed by atoms with Crippen molar-refractivity contribution in [3.8, 4) is 11.5 Å². The van der Waals surface area contributed by atoms with Crippen molar-refractivity contribution >= 4 is 11.8 Å². The molecule has 1 aromatic carbocycles. The van der Waals surface area contributed by atoms with Crippen molar-refractivity contribution in [1.82, 2.24) is 10.6 Å². The molecule has 116 valence electrons. The first kappa shape index (κ1) is 16.8. The van der Waals surface area contributed by atoms with Gasteiger partial charge in [0, 0.05) is 13.7 Å². The smallest absolute Gasteiger partial charge is 0.309 e. The zero-order valence-electron chi connectivity index (χ0n) is 12.2. The lowest BCUT2D eigenvalue weighted by Gasteiger charge is -2.08. The topological polar surface area (TPSA) is 85.9 Å².